The molecule has 2 aliphatic heterocycles. The molecule has 6 nitrogen and oxygen atoms in total. The van der Waals surface area contributed by atoms with E-state index in [1.165, 1.54) is 4.31 Å². The third kappa shape index (κ3) is 4.61. The quantitative estimate of drug-likeness (QED) is 0.690. The Balaban J connectivity index is 1.45. The van der Waals surface area contributed by atoms with Crippen LogP contribution in [0.5, 0.6) is 5.75 Å². The number of hydrogen-bond donors (Lipinski definition) is 0. The molecule has 2 aromatic carbocycles. The molecule has 2 heterocycles. The first-order valence-electron chi connectivity index (χ1n) is 10.6. The standard InChI is InChI=1S/C23H28N2O4S2/c1-17-11-16-25(21-5-3-4-6-22(21)30-17)23(26)18-12-14-24(15-13-18)31(27,28)20-9-7-19(29-2)8-10-20/h3-10,17-18H,11-16H2,1-2H3. The highest BCUT2D eigenvalue weighted by molar-refractivity contribution is 8.00. The second kappa shape index (κ2) is 9.22. The molecule has 2 aliphatic rings. The molecule has 2 aromatic rings. The molecule has 0 spiro atoms. The summed E-state index contributed by atoms with van der Waals surface area (Å²) < 4.78 is 32.6. The zero-order valence-corrected chi connectivity index (χ0v) is 19.5. The molecule has 31 heavy (non-hydrogen) atoms. The van der Waals surface area contributed by atoms with Crippen LogP contribution in [0.1, 0.15) is 26.2 Å². The molecule has 1 saturated heterocycles. The Morgan fingerprint density at radius 3 is 2.35 bits per heavy atom. The van der Waals surface area contributed by atoms with Crippen molar-refractivity contribution in [2.75, 3.05) is 31.6 Å². The number of benzene rings is 2. The fraction of sp³-hybridized carbons (Fsp3) is 0.435. The molecule has 166 valence electrons. The third-order valence-electron chi connectivity index (χ3n) is 6.01. The number of piperidine rings is 1. The monoisotopic (exact) mass is 460 g/mol. The number of thioether (sulfide) groups is 1. The van der Waals surface area contributed by atoms with Crippen molar-refractivity contribution in [1.29, 1.82) is 0 Å². The van der Waals surface area contributed by atoms with Crippen molar-refractivity contribution in [3.63, 3.8) is 0 Å². The van der Waals surface area contributed by atoms with Gasteiger partial charge in [-0.3, -0.25) is 4.79 Å². The zero-order chi connectivity index (χ0) is 22.0. The smallest absolute Gasteiger partial charge is 0.243 e. The van der Waals surface area contributed by atoms with E-state index in [-0.39, 0.29) is 16.7 Å². The molecule has 1 unspecified atom stereocenters. The summed E-state index contributed by atoms with van der Waals surface area (Å²) in [4.78, 5) is 16.7. The minimum Gasteiger partial charge on any atom is -0.497 e. The van der Waals surface area contributed by atoms with Crippen LogP contribution in [0, 0.1) is 5.92 Å². The van der Waals surface area contributed by atoms with Gasteiger partial charge >= 0.3 is 0 Å². The molecule has 1 amide bonds. The fourth-order valence-corrected chi connectivity index (χ4v) is 6.76. The molecule has 0 aromatic heterocycles. The lowest BCUT2D eigenvalue weighted by atomic mass is 9.96. The minimum absolute atomic E-state index is 0.114. The number of nitrogens with zero attached hydrogens (tertiary/aromatic N) is 2. The van der Waals surface area contributed by atoms with Crippen LogP contribution in [0.25, 0.3) is 0 Å². The van der Waals surface area contributed by atoms with Crippen molar-refractivity contribution >= 4 is 33.4 Å². The Morgan fingerprint density at radius 1 is 1.00 bits per heavy atom. The number of carbonyl (C=O) groups excluding carboxylic acids is 1. The molecule has 1 atom stereocenters. The number of fused-ring (bicyclic) bond motifs is 1. The second-order valence-corrected chi connectivity index (χ2v) is 11.4. The summed E-state index contributed by atoms with van der Waals surface area (Å²) in [7, 11) is -2.02. The summed E-state index contributed by atoms with van der Waals surface area (Å²) >= 11 is 1.81. The third-order valence-corrected chi connectivity index (χ3v) is 9.16. The lowest BCUT2D eigenvalue weighted by Gasteiger charge is -2.33. The van der Waals surface area contributed by atoms with E-state index in [0.717, 1.165) is 17.0 Å². The first kappa shape index (κ1) is 22.2. The molecule has 0 aliphatic carbocycles. The predicted octanol–water partition coefficient (Wildman–Crippen LogP) is 4.01. The first-order valence-corrected chi connectivity index (χ1v) is 12.9. The molecule has 4 rings (SSSR count). The maximum Gasteiger partial charge on any atom is 0.243 e. The van der Waals surface area contributed by atoms with E-state index in [1.54, 1.807) is 31.4 Å². The molecule has 0 saturated carbocycles. The molecule has 0 bridgehead atoms. The number of hydrogen-bond acceptors (Lipinski definition) is 5. The van der Waals surface area contributed by atoms with Crippen molar-refractivity contribution in [2.24, 2.45) is 5.92 Å². The van der Waals surface area contributed by atoms with Crippen molar-refractivity contribution in [1.82, 2.24) is 4.31 Å². The maximum atomic E-state index is 13.4. The molecular formula is C23H28N2O4S2. The number of sulfonamides is 1. The lowest BCUT2D eigenvalue weighted by Crippen LogP contribution is -2.44. The van der Waals surface area contributed by atoms with E-state index in [4.69, 9.17) is 4.74 Å². The van der Waals surface area contributed by atoms with E-state index in [1.807, 2.05) is 34.9 Å². The molecule has 8 heteroatoms. The normalized spacial score (nSPS) is 20.7. The lowest BCUT2D eigenvalue weighted by molar-refractivity contribution is -0.123. The maximum absolute atomic E-state index is 13.4. The van der Waals surface area contributed by atoms with Crippen LogP contribution in [-0.4, -0.2) is 50.6 Å². The van der Waals surface area contributed by atoms with Crippen LogP contribution in [0.15, 0.2) is 58.3 Å². The van der Waals surface area contributed by atoms with Gasteiger partial charge in [-0.05, 0) is 55.7 Å². The fourth-order valence-electron chi connectivity index (χ4n) is 4.18. The molecule has 0 radical (unpaired) electrons. The summed E-state index contributed by atoms with van der Waals surface area (Å²) in [5, 5.41) is 0.454. The van der Waals surface area contributed by atoms with Gasteiger partial charge in [0.1, 0.15) is 5.75 Å². The average molecular weight is 461 g/mol. The van der Waals surface area contributed by atoms with Gasteiger partial charge in [0.25, 0.3) is 0 Å². The van der Waals surface area contributed by atoms with Gasteiger partial charge in [-0.1, -0.05) is 19.1 Å². The number of anilines is 1. The Bertz CT molecular complexity index is 1030. The Kier molecular flexibility index (Phi) is 6.60. The average Bonchev–Trinajstić information content (AvgIpc) is 2.97. The zero-order valence-electron chi connectivity index (χ0n) is 17.9. The SMILES string of the molecule is COc1ccc(S(=O)(=O)N2CCC(C(=O)N3CCC(C)Sc4ccccc43)CC2)cc1. The number of para-hydroxylation sites is 1. The van der Waals surface area contributed by atoms with Crippen LogP contribution in [-0.2, 0) is 14.8 Å². The number of amides is 1. The van der Waals surface area contributed by atoms with Gasteiger partial charge in [-0.25, -0.2) is 8.42 Å². The molecule has 1 fully saturated rings. The number of ether oxygens (including phenoxy) is 1. The van der Waals surface area contributed by atoms with Crippen molar-refractivity contribution in [3.8, 4) is 5.75 Å². The van der Waals surface area contributed by atoms with Crippen LogP contribution >= 0.6 is 11.8 Å². The van der Waals surface area contributed by atoms with Crippen molar-refractivity contribution < 1.29 is 17.9 Å². The number of rotatable bonds is 4. The Labute approximate surface area is 188 Å². The van der Waals surface area contributed by atoms with E-state index >= 15 is 0 Å². The highest BCUT2D eigenvalue weighted by Gasteiger charge is 2.35. The van der Waals surface area contributed by atoms with Crippen LogP contribution < -0.4 is 9.64 Å². The topological polar surface area (TPSA) is 66.9 Å². The van der Waals surface area contributed by atoms with Crippen LogP contribution in [0.4, 0.5) is 5.69 Å². The summed E-state index contributed by atoms with van der Waals surface area (Å²) in [6.45, 7) is 3.60. The second-order valence-electron chi connectivity index (χ2n) is 8.03. The molecular weight excluding hydrogens is 432 g/mol. The summed E-state index contributed by atoms with van der Waals surface area (Å²) in [6, 6.07) is 14.5. The van der Waals surface area contributed by atoms with Crippen molar-refractivity contribution in [2.45, 2.75) is 41.2 Å². The summed E-state index contributed by atoms with van der Waals surface area (Å²) in [5.74, 6) is 0.575. The largest absolute Gasteiger partial charge is 0.497 e. The van der Waals surface area contributed by atoms with Crippen molar-refractivity contribution in [3.05, 3.63) is 48.5 Å². The van der Waals surface area contributed by atoms with Crippen LogP contribution in [0.2, 0.25) is 0 Å². The van der Waals surface area contributed by atoms with E-state index in [9.17, 15) is 13.2 Å². The number of methoxy groups -OCH3 is 1. The van der Waals surface area contributed by atoms with Gasteiger partial charge < -0.3 is 9.64 Å². The summed E-state index contributed by atoms with van der Waals surface area (Å²) in [5.41, 5.74) is 0.982. The van der Waals surface area contributed by atoms with Gasteiger partial charge in [0.15, 0.2) is 0 Å². The minimum atomic E-state index is -3.57. The summed E-state index contributed by atoms with van der Waals surface area (Å²) in [6.07, 6.45) is 2.01. The van der Waals surface area contributed by atoms with Gasteiger partial charge in [-0.2, -0.15) is 4.31 Å². The highest BCUT2D eigenvalue weighted by atomic mass is 32.2. The predicted molar refractivity (Wildman–Crippen MR) is 123 cm³/mol. The highest BCUT2D eigenvalue weighted by Crippen LogP contribution is 2.38. The molecule has 0 N–H and O–H groups in total. The number of carbonyl (C=O) groups is 1. The van der Waals surface area contributed by atoms with Crippen LogP contribution in [0.3, 0.4) is 0 Å². The van der Waals surface area contributed by atoms with Gasteiger partial charge in [0.2, 0.25) is 15.9 Å². The van der Waals surface area contributed by atoms with E-state index < -0.39 is 10.0 Å². The van der Waals surface area contributed by atoms with E-state index in [2.05, 4.69) is 13.0 Å². The first-order chi connectivity index (χ1) is 14.9. The van der Waals surface area contributed by atoms with Gasteiger partial charge in [0, 0.05) is 35.7 Å². The van der Waals surface area contributed by atoms with E-state index in [0.29, 0.717) is 43.5 Å². The Hall–Kier alpha value is -2.03. The Morgan fingerprint density at radius 2 is 1.68 bits per heavy atom. The van der Waals surface area contributed by atoms with Gasteiger partial charge in [0.05, 0.1) is 17.7 Å². The van der Waals surface area contributed by atoms with Gasteiger partial charge in [-0.15, -0.1) is 11.8 Å².